The van der Waals surface area contributed by atoms with Gasteiger partial charge in [0.05, 0.1) is 11.3 Å². The second kappa shape index (κ2) is 6.92. The summed E-state index contributed by atoms with van der Waals surface area (Å²) in [6.45, 7) is 1.99. The molecule has 1 N–H and O–H groups in total. The molecule has 1 heterocycles. The van der Waals surface area contributed by atoms with Crippen molar-refractivity contribution in [3.8, 4) is 11.4 Å². The van der Waals surface area contributed by atoms with E-state index in [1.54, 1.807) is 0 Å². The number of hydrogen-bond acceptors (Lipinski definition) is 4. The summed E-state index contributed by atoms with van der Waals surface area (Å²) < 4.78 is 26.7. The maximum absolute atomic E-state index is 13.6. The van der Waals surface area contributed by atoms with Crippen LogP contribution in [-0.4, -0.2) is 26.7 Å². The molecule has 3 rings (SSSR count). The number of aromatic amines is 1. The average Bonchev–Trinajstić information content (AvgIpc) is 3.04. The number of nitrogens with zero attached hydrogens (tertiary/aromatic N) is 2. The van der Waals surface area contributed by atoms with E-state index in [0.717, 1.165) is 41.1 Å². The number of carbonyl (C=O) groups is 1. The third kappa shape index (κ3) is 3.68. The van der Waals surface area contributed by atoms with Gasteiger partial charge in [-0.05, 0) is 25.1 Å². The first-order chi connectivity index (χ1) is 11.5. The Bertz CT molecular complexity index is 878. The van der Waals surface area contributed by atoms with Crippen LogP contribution in [0, 0.1) is 18.6 Å². The van der Waals surface area contributed by atoms with Crippen LogP contribution in [0.3, 0.4) is 0 Å². The van der Waals surface area contributed by atoms with E-state index in [9.17, 15) is 13.6 Å². The van der Waals surface area contributed by atoms with Crippen molar-refractivity contribution < 1.29 is 13.6 Å². The number of ketones is 1. The van der Waals surface area contributed by atoms with Crippen molar-refractivity contribution in [2.45, 2.75) is 12.1 Å². The van der Waals surface area contributed by atoms with Gasteiger partial charge < -0.3 is 0 Å². The number of carbonyl (C=O) groups excluding carboxylic acids is 1. The Morgan fingerprint density at radius 3 is 2.67 bits per heavy atom. The third-order valence-corrected chi connectivity index (χ3v) is 4.20. The van der Waals surface area contributed by atoms with Crippen molar-refractivity contribution in [2.24, 2.45) is 0 Å². The largest absolute Gasteiger partial charge is 0.293 e. The molecule has 0 fully saturated rings. The Morgan fingerprint density at radius 2 is 1.92 bits per heavy atom. The van der Waals surface area contributed by atoms with Gasteiger partial charge in [-0.3, -0.25) is 9.89 Å². The lowest BCUT2D eigenvalue weighted by Crippen LogP contribution is -2.06. The quantitative estimate of drug-likeness (QED) is 0.560. The van der Waals surface area contributed by atoms with E-state index in [1.165, 1.54) is 0 Å². The number of halogens is 2. The number of rotatable bonds is 5. The summed E-state index contributed by atoms with van der Waals surface area (Å²) in [6, 6.07) is 10.6. The molecule has 2 aromatic carbocycles. The van der Waals surface area contributed by atoms with Gasteiger partial charge in [0.1, 0.15) is 11.6 Å². The molecule has 0 saturated carbocycles. The molecular formula is C17H13F2N3OS. The molecule has 7 heteroatoms. The van der Waals surface area contributed by atoms with Crippen LogP contribution in [0.15, 0.2) is 47.6 Å². The lowest BCUT2D eigenvalue weighted by molar-refractivity contribution is 0.101. The highest BCUT2D eigenvalue weighted by Crippen LogP contribution is 2.21. The zero-order chi connectivity index (χ0) is 17.1. The molecule has 3 aromatic rings. The Labute approximate surface area is 141 Å². The summed E-state index contributed by atoms with van der Waals surface area (Å²) in [5.41, 5.74) is 1.75. The van der Waals surface area contributed by atoms with Crippen molar-refractivity contribution in [2.75, 3.05) is 5.75 Å². The number of nitrogens with one attached hydrogen (secondary N) is 1. The molecule has 122 valence electrons. The summed E-state index contributed by atoms with van der Waals surface area (Å²) in [5, 5.41) is 7.20. The van der Waals surface area contributed by atoms with E-state index in [1.807, 2.05) is 31.2 Å². The average molecular weight is 345 g/mol. The second-order valence-corrected chi connectivity index (χ2v) is 6.11. The summed E-state index contributed by atoms with van der Waals surface area (Å²) in [4.78, 5) is 16.3. The molecule has 0 aliphatic rings. The van der Waals surface area contributed by atoms with Crippen molar-refractivity contribution >= 4 is 17.5 Å². The molecule has 0 amide bonds. The number of Topliss-reactive ketones (excluding diaryl/α,β-unsaturated/α-hetero) is 1. The fraction of sp³-hybridized carbons (Fsp3) is 0.118. The highest BCUT2D eigenvalue weighted by molar-refractivity contribution is 7.99. The van der Waals surface area contributed by atoms with Crippen LogP contribution in [0.2, 0.25) is 0 Å². The summed E-state index contributed by atoms with van der Waals surface area (Å²) in [7, 11) is 0. The maximum atomic E-state index is 13.6. The van der Waals surface area contributed by atoms with Gasteiger partial charge in [0, 0.05) is 5.56 Å². The maximum Gasteiger partial charge on any atom is 0.209 e. The fourth-order valence-electron chi connectivity index (χ4n) is 2.07. The predicted molar refractivity (Wildman–Crippen MR) is 88.0 cm³/mol. The van der Waals surface area contributed by atoms with Crippen LogP contribution < -0.4 is 0 Å². The molecule has 4 nitrogen and oxygen atoms in total. The molecule has 0 saturated heterocycles. The second-order valence-electron chi connectivity index (χ2n) is 5.17. The SMILES string of the molecule is Cc1ccc(-c2nc(SCC(=O)c3cc(F)ccc3F)n[nH]2)cc1. The lowest BCUT2D eigenvalue weighted by atomic mass is 10.1. The smallest absolute Gasteiger partial charge is 0.209 e. The normalized spacial score (nSPS) is 10.8. The number of aromatic nitrogens is 3. The van der Waals surface area contributed by atoms with Crippen molar-refractivity contribution in [3.05, 3.63) is 65.2 Å². The van der Waals surface area contributed by atoms with E-state index in [-0.39, 0.29) is 11.3 Å². The van der Waals surface area contributed by atoms with Crippen LogP contribution in [0.5, 0.6) is 0 Å². The third-order valence-electron chi connectivity index (χ3n) is 3.35. The minimum Gasteiger partial charge on any atom is -0.293 e. The number of thioether (sulfide) groups is 1. The Morgan fingerprint density at radius 1 is 1.17 bits per heavy atom. The highest BCUT2D eigenvalue weighted by atomic mass is 32.2. The molecule has 0 unspecified atom stereocenters. The molecule has 0 bridgehead atoms. The van der Waals surface area contributed by atoms with E-state index in [2.05, 4.69) is 15.2 Å². The van der Waals surface area contributed by atoms with Gasteiger partial charge in [-0.15, -0.1) is 5.10 Å². The van der Waals surface area contributed by atoms with Crippen LogP contribution in [0.4, 0.5) is 8.78 Å². The van der Waals surface area contributed by atoms with Crippen LogP contribution in [-0.2, 0) is 0 Å². The number of hydrogen-bond donors (Lipinski definition) is 1. The molecule has 0 atom stereocenters. The molecule has 0 aliphatic carbocycles. The Balaban J connectivity index is 1.68. The van der Waals surface area contributed by atoms with Crippen molar-refractivity contribution in [3.63, 3.8) is 0 Å². The van der Waals surface area contributed by atoms with E-state index < -0.39 is 17.4 Å². The van der Waals surface area contributed by atoms with Crippen LogP contribution >= 0.6 is 11.8 Å². The van der Waals surface area contributed by atoms with Crippen molar-refractivity contribution in [1.82, 2.24) is 15.2 Å². The molecule has 1 aromatic heterocycles. The molecular weight excluding hydrogens is 332 g/mol. The minimum absolute atomic E-state index is 0.0778. The topological polar surface area (TPSA) is 58.6 Å². The van der Waals surface area contributed by atoms with Gasteiger partial charge in [0.25, 0.3) is 0 Å². The van der Waals surface area contributed by atoms with Gasteiger partial charge in [0.2, 0.25) is 5.16 Å². The molecule has 0 spiro atoms. The Hall–Kier alpha value is -2.54. The van der Waals surface area contributed by atoms with Gasteiger partial charge in [-0.2, -0.15) is 0 Å². The summed E-state index contributed by atoms with van der Waals surface area (Å²) in [5.74, 6) is -1.40. The molecule has 0 radical (unpaired) electrons. The first kappa shape index (κ1) is 16.3. The Kier molecular flexibility index (Phi) is 4.71. The number of benzene rings is 2. The number of H-pyrrole nitrogens is 1. The van der Waals surface area contributed by atoms with Gasteiger partial charge in [-0.25, -0.2) is 13.8 Å². The summed E-state index contributed by atoms with van der Waals surface area (Å²) in [6.07, 6.45) is 0. The van der Waals surface area contributed by atoms with Crippen molar-refractivity contribution in [1.29, 1.82) is 0 Å². The minimum atomic E-state index is -0.739. The standard InChI is InChI=1S/C17H13F2N3OS/c1-10-2-4-11(5-3-10)16-20-17(22-21-16)24-9-15(23)13-8-12(18)6-7-14(13)19/h2-8H,9H2,1H3,(H,20,21,22). The zero-order valence-electron chi connectivity index (χ0n) is 12.7. The molecule has 24 heavy (non-hydrogen) atoms. The van der Waals surface area contributed by atoms with E-state index in [0.29, 0.717) is 11.0 Å². The number of aryl methyl sites for hydroxylation is 1. The monoisotopic (exact) mass is 345 g/mol. The van der Waals surface area contributed by atoms with Gasteiger partial charge in [-0.1, -0.05) is 41.6 Å². The van der Waals surface area contributed by atoms with Gasteiger partial charge in [0.15, 0.2) is 11.6 Å². The summed E-state index contributed by atoms with van der Waals surface area (Å²) >= 11 is 1.06. The van der Waals surface area contributed by atoms with Crippen LogP contribution in [0.1, 0.15) is 15.9 Å². The first-order valence-corrected chi connectivity index (χ1v) is 8.12. The lowest BCUT2D eigenvalue weighted by Gasteiger charge is -2.01. The predicted octanol–water partition coefficient (Wildman–Crippen LogP) is 4.03. The zero-order valence-corrected chi connectivity index (χ0v) is 13.5. The highest BCUT2D eigenvalue weighted by Gasteiger charge is 2.15. The van der Waals surface area contributed by atoms with E-state index in [4.69, 9.17) is 0 Å². The van der Waals surface area contributed by atoms with E-state index >= 15 is 0 Å². The van der Waals surface area contributed by atoms with Crippen LogP contribution in [0.25, 0.3) is 11.4 Å². The fourth-order valence-corrected chi connectivity index (χ4v) is 2.75. The first-order valence-electron chi connectivity index (χ1n) is 7.13. The molecule has 0 aliphatic heterocycles. The van der Waals surface area contributed by atoms with Gasteiger partial charge >= 0.3 is 0 Å².